The number of urea groups is 1. The number of ether oxygens (including phenoxy) is 6. The van der Waals surface area contributed by atoms with E-state index in [0.717, 1.165) is 22.9 Å². The summed E-state index contributed by atoms with van der Waals surface area (Å²) < 4.78 is 79.5. The maximum atomic E-state index is 13.6. The molecule has 7 aromatic rings. The molecule has 22 heteroatoms. The molecule has 20 nitrogen and oxygen atoms in total. The highest BCUT2D eigenvalue weighted by molar-refractivity contribution is 7.92. The van der Waals surface area contributed by atoms with Crippen LogP contribution in [-0.2, 0) is 46.8 Å². The molecule has 1 aromatic heterocycles. The summed E-state index contributed by atoms with van der Waals surface area (Å²) in [6.07, 6.45) is 3.21. The number of pyridine rings is 1. The molecule has 0 saturated carbocycles. The van der Waals surface area contributed by atoms with Gasteiger partial charge in [0.2, 0.25) is 10.0 Å². The Bertz CT molecular complexity index is 3330. The second kappa shape index (κ2) is 26.3. The van der Waals surface area contributed by atoms with Crippen molar-refractivity contribution in [2.75, 3.05) is 81.2 Å². The molecule has 418 valence electrons. The zero-order valence-electron chi connectivity index (χ0n) is 44.8. The Morgan fingerprint density at radius 2 is 1.29 bits per heavy atom. The molecule has 0 aliphatic carbocycles. The van der Waals surface area contributed by atoms with Crippen molar-refractivity contribution in [3.63, 3.8) is 0 Å². The highest BCUT2D eigenvalue weighted by Gasteiger charge is 2.35. The van der Waals surface area contributed by atoms with Crippen molar-refractivity contribution in [1.29, 1.82) is 0 Å². The first-order chi connectivity index (χ1) is 37.6. The predicted molar refractivity (Wildman–Crippen MR) is 304 cm³/mol. The summed E-state index contributed by atoms with van der Waals surface area (Å²) in [7, 11) is -4.26. The molecule has 0 spiro atoms. The molecule has 0 aliphatic rings. The van der Waals surface area contributed by atoms with Crippen molar-refractivity contribution in [2.45, 2.75) is 44.6 Å². The number of hydrogen-bond donors (Lipinski definition) is 7. The van der Waals surface area contributed by atoms with Crippen LogP contribution in [0.2, 0.25) is 0 Å². The van der Waals surface area contributed by atoms with E-state index in [2.05, 4.69) is 31.0 Å². The number of phosphoric acid groups is 1. The van der Waals surface area contributed by atoms with Crippen LogP contribution < -0.4 is 44.9 Å². The summed E-state index contributed by atoms with van der Waals surface area (Å²) in [6.45, 7) is 5.92. The number of phosphoric ester groups is 1. The number of benzene rings is 6. The van der Waals surface area contributed by atoms with Crippen molar-refractivity contribution in [1.82, 2.24) is 10.3 Å². The number of nitrogens with one attached hydrogen (secondary N) is 5. The van der Waals surface area contributed by atoms with Gasteiger partial charge in [-0.1, -0.05) is 106 Å². The number of carbonyl (C=O) groups excluding carboxylic acids is 2. The van der Waals surface area contributed by atoms with Gasteiger partial charge in [-0.2, -0.15) is 0 Å². The molecule has 7 N–H and O–H groups in total. The minimum atomic E-state index is -4.83. The van der Waals surface area contributed by atoms with E-state index in [0.29, 0.717) is 52.3 Å². The first-order valence-electron chi connectivity index (χ1n) is 24.9. The number of sulfonamides is 1. The molecule has 7 rings (SSSR count). The number of rotatable bonds is 26. The van der Waals surface area contributed by atoms with Crippen LogP contribution in [0.1, 0.15) is 47.8 Å². The van der Waals surface area contributed by atoms with Crippen LogP contribution in [0.15, 0.2) is 140 Å². The molecule has 0 fully saturated rings. The fourth-order valence-electron chi connectivity index (χ4n) is 8.61. The highest BCUT2D eigenvalue weighted by Crippen LogP contribution is 2.42. The number of nitrogens with zero attached hydrogens (tertiary/aromatic N) is 1. The lowest BCUT2D eigenvalue weighted by Crippen LogP contribution is -2.43. The smallest absolute Gasteiger partial charge is 0.469 e. The van der Waals surface area contributed by atoms with Gasteiger partial charge in [0.1, 0.15) is 40.0 Å². The number of hydrogen-bond acceptors (Lipinski definition) is 14. The van der Waals surface area contributed by atoms with Crippen molar-refractivity contribution in [3.8, 4) is 28.7 Å². The SMILES string of the molecule is COc1cc(Nc2cc(Oc3ccc(NC(=O)Nc4cc(C(C)(C)C)cc(NS(C)(=O)=O)c4OC)c4ccccc34)ccn2)cc(OC)c1C(=O)NCCOCCOC(COP(=O)(O)O)(Cc1ccccc1)Cc1ccccc1. The van der Waals surface area contributed by atoms with E-state index >= 15 is 0 Å². The van der Waals surface area contributed by atoms with Crippen LogP contribution in [0.25, 0.3) is 10.8 Å². The van der Waals surface area contributed by atoms with Gasteiger partial charge < -0.3 is 59.5 Å². The summed E-state index contributed by atoms with van der Waals surface area (Å²) in [4.78, 5) is 51.0. The lowest BCUT2D eigenvalue weighted by Gasteiger charge is -2.34. The summed E-state index contributed by atoms with van der Waals surface area (Å²) in [5.41, 5.74) is 2.55. The Morgan fingerprint density at radius 3 is 1.89 bits per heavy atom. The maximum absolute atomic E-state index is 13.6. The van der Waals surface area contributed by atoms with Crippen LogP contribution in [-0.4, -0.2) is 101 Å². The number of aromatic nitrogens is 1. The lowest BCUT2D eigenvalue weighted by atomic mass is 9.86. The average molecular weight is 1120 g/mol. The normalized spacial score (nSPS) is 11.9. The summed E-state index contributed by atoms with van der Waals surface area (Å²) in [6, 6.07) is 39.2. The van der Waals surface area contributed by atoms with Crippen molar-refractivity contribution in [3.05, 3.63) is 162 Å². The van der Waals surface area contributed by atoms with Gasteiger partial charge in [0.15, 0.2) is 5.75 Å². The molecule has 79 heavy (non-hydrogen) atoms. The third-order valence-electron chi connectivity index (χ3n) is 12.2. The van der Waals surface area contributed by atoms with Gasteiger partial charge in [-0.15, -0.1) is 0 Å². The maximum Gasteiger partial charge on any atom is 0.469 e. The molecule has 0 atom stereocenters. The van der Waals surface area contributed by atoms with E-state index in [9.17, 15) is 32.4 Å². The second-order valence-electron chi connectivity index (χ2n) is 19.3. The Hall–Kier alpha value is -7.75. The lowest BCUT2D eigenvalue weighted by molar-refractivity contribution is -0.0927. The summed E-state index contributed by atoms with van der Waals surface area (Å²) in [5.74, 6) is 1.40. The number of methoxy groups -OCH3 is 3. The number of anilines is 5. The van der Waals surface area contributed by atoms with Crippen molar-refractivity contribution < 1.29 is 65.3 Å². The quantitative estimate of drug-likeness (QED) is 0.0196. The molecule has 0 radical (unpaired) electrons. The zero-order chi connectivity index (χ0) is 56.8. The molecule has 3 amide bonds. The van der Waals surface area contributed by atoms with E-state index in [-0.39, 0.29) is 67.2 Å². The molecule has 0 bridgehead atoms. The van der Waals surface area contributed by atoms with E-state index in [1.807, 2.05) is 106 Å². The minimum absolute atomic E-state index is 0.0624. The van der Waals surface area contributed by atoms with E-state index in [4.69, 9.17) is 32.9 Å². The zero-order valence-corrected chi connectivity index (χ0v) is 46.5. The van der Waals surface area contributed by atoms with E-state index in [1.54, 1.807) is 54.7 Å². The van der Waals surface area contributed by atoms with Gasteiger partial charge in [-0.25, -0.2) is 22.8 Å². The number of amides is 3. The van der Waals surface area contributed by atoms with Gasteiger partial charge in [-0.05, 0) is 52.4 Å². The Morgan fingerprint density at radius 1 is 0.684 bits per heavy atom. The minimum Gasteiger partial charge on any atom is -0.496 e. The molecule has 6 aromatic carbocycles. The molecule has 0 saturated heterocycles. The third kappa shape index (κ3) is 16.9. The number of fused-ring (bicyclic) bond motifs is 1. The van der Waals surface area contributed by atoms with Crippen LogP contribution in [0.3, 0.4) is 0 Å². The van der Waals surface area contributed by atoms with Gasteiger partial charge in [0.25, 0.3) is 5.91 Å². The first-order valence-corrected chi connectivity index (χ1v) is 28.3. The Balaban J connectivity index is 0.974. The molecular weight excluding hydrogens is 1060 g/mol. The monoisotopic (exact) mass is 1120 g/mol. The molecule has 0 aliphatic heterocycles. The largest absolute Gasteiger partial charge is 0.496 e. The standard InChI is InChI=1S/C57H65N6O14PS/c1-56(2,3)40-30-46(53(73-6)47(31-40)63-79(7,69)70)62-55(65)61-45-22-23-48(44-21-15-14-20-43(44)45)77-42-24-25-58-51(34-42)60-41-32-49(71-4)52(50(33-41)72-5)54(64)59-26-27-74-28-29-75-57(37-76-78(66,67)68,35-38-16-10-8-11-17-38)36-39-18-12-9-13-19-39/h8-25,30-34,63H,26-29,35-37H2,1-7H3,(H,58,60)(H,59,64)(H2,61,62,65)(H2,66,67,68). The fraction of sp³-hybridized carbons (Fsp3) is 0.281. The third-order valence-corrected chi connectivity index (χ3v) is 13.3. The summed E-state index contributed by atoms with van der Waals surface area (Å²) >= 11 is 0. The van der Waals surface area contributed by atoms with Gasteiger partial charge in [0.05, 0.1) is 71.1 Å². The second-order valence-corrected chi connectivity index (χ2v) is 22.3. The van der Waals surface area contributed by atoms with Gasteiger partial charge >= 0.3 is 13.9 Å². The van der Waals surface area contributed by atoms with Crippen LogP contribution >= 0.6 is 7.82 Å². The van der Waals surface area contributed by atoms with E-state index in [1.165, 1.54) is 21.3 Å². The fourth-order valence-corrected chi connectivity index (χ4v) is 9.57. The highest BCUT2D eigenvalue weighted by atomic mass is 32.2. The molecular formula is C57H65N6O14PS. The van der Waals surface area contributed by atoms with Crippen LogP contribution in [0.5, 0.6) is 28.7 Å². The summed E-state index contributed by atoms with van der Waals surface area (Å²) in [5, 5.41) is 13.2. The number of carbonyl (C=O) groups is 2. The van der Waals surface area contributed by atoms with Crippen molar-refractivity contribution in [2.24, 2.45) is 0 Å². The molecule has 0 unspecified atom stereocenters. The Labute approximate surface area is 459 Å². The Kier molecular flexibility index (Phi) is 19.6. The van der Waals surface area contributed by atoms with Crippen LogP contribution in [0.4, 0.5) is 33.4 Å². The van der Waals surface area contributed by atoms with Crippen molar-refractivity contribution >= 4 is 69.1 Å². The van der Waals surface area contributed by atoms with Crippen LogP contribution in [0, 0.1) is 0 Å². The van der Waals surface area contributed by atoms with Gasteiger partial charge in [0, 0.05) is 60.2 Å². The average Bonchev–Trinajstić information content (AvgIpc) is 3.46. The topological polar surface area (TPSA) is 263 Å². The molecule has 1 heterocycles. The van der Waals surface area contributed by atoms with E-state index < -0.39 is 40.8 Å². The predicted octanol–water partition coefficient (Wildman–Crippen LogP) is 10.2. The van der Waals surface area contributed by atoms with Gasteiger partial charge in [-0.3, -0.25) is 14.0 Å². The first kappa shape index (κ1) is 58.9.